The van der Waals surface area contributed by atoms with Crippen molar-refractivity contribution in [3.05, 3.63) is 38.9 Å². The van der Waals surface area contributed by atoms with Gasteiger partial charge in [0.15, 0.2) is 5.58 Å². The summed E-state index contributed by atoms with van der Waals surface area (Å²) in [5, 5.41) is 13.9. The Bertz CT molecular complexity index is 863. The van der Waals surface area contributed by atoms with Crippen LogP contribution in [0.25, 0.3) is 11.1 Å². The molecule has 8 nitrogen and oxygen atoms in total. The fourth-order valence-electron chi connectivity index (χ4n) is 3.22. The average Bonchev–Trinajstić information content (AvgIpc) is 3.44. The zero-order valence-electron chi connectivity index (χ0n) is 12.9. The Morgan fingerprint density at radius 3 is 2.58 bits per heavy atom. The molecule has 4 rings (SSSR count). The van der Waals surface area contributed by atoms with E-state index in [1.165, 1.54) is 18.2 Å². The fraction of sp³-hybridized carbons (Fsp3) is 0.500. The topological polar surface area (TPSA) is 107 Å². The smallest absolute Gasteiger partial charge is 0.408 e. The Balaban J connectivity index is 1.57. The van der Waals surface area contributed by atoms with Gasteiger partial charge in [-0.3, -0.25) is 19.5 Å². The first-order valence-electron chi connectivity index (χ1n) is 8.10. The number of nitro groups is 1. The van der Waals surface area contributed by atoms with Crippen molar-refractivity contribution in [2.45, 2.75) is 38.3 Å². The highest BCUT2D eigenvalue weighted by molar-refractivity contribution is 5.81. The second kappa shape index (κ2) is 5.47. The van der Waals surface area contributed by atoms with E-state index in [-0.39, 0.29) is 35.3 Å². The largest absolute Gasteiger partial charge is 0.420 e. The molecule has 1 heterocycles. The van der Waals surface area contributed by atoms with E-state index >= 15 is 0 Å². The molecule has 2 aliphatic carbocycles. The summed E-state index contributed by atoms with van der Waals surface area (Å²) in [5.41, 5.74) is 0.351. The number of carbonyl (C=O) groups is 1. The van der Waals surface area contributed by atoms with Crippen LogP contribution in [0.3, 0.4) is 0 Å². The van der Waals surface area contributed by atoms with Crippen molar-refractivity contribution in [1.82, 2.24) is 9.88 Å². The van der Waals surface area contributed by atoms with E-state index < -0.39 is 10.7 Å². The lowest BCUT2D eigenvalue weighted by Gasteiger charge is -2.17. The summed E-state index contributed by atoms with van der Waals surface area (Å²) in [5.74, 6) is 0.172. The van der Waals surface area contributed by atoms with E-state index in [1.54, 1.807) is 0 Å². The number of non-ortho nitro benzene ring substituents is 1. The van der Waals surface area contributed by atoms with Gasteiger partial charge in [-0.25, -0.2) is 4.79 Å². The van der Waals surface area contributed by atoms with E-state index in [1.807, 2.05) is 0 Å². The SMILES string of the molecule is O=C(Cn1c(=O)oc2ccc([N+](=O)[O-])cc21)NC(C1CC1)C1CC1. The standard InChI is InChI=1S/C16H17N3O5/c20-14(17-15(9-1-2-9)10-3-4-10)8-18-12-7-11(19(22)23)5-6-13(12)24-16(18)21/h5-7,9-10,15H,1-4,8H2,(H,17,20). The van der Waals surface area contributed by atoms with Gasteiger partial charge in [-0.1, -0.05) is 0 Å². The number of rotatable bonds is 6. The first-order valence-corrected chi connectivity index (χ1v) is 8.10. The molecule has 1 N–H and O–H groups in total. The third-order valence-corrected chi connectivity index (χ3v) is 4.75. The molecule has 1 aromatic carbocycles. The third kappa shape index (κ3) is 2.79. The fourth-order valence-corrected chi connectivity index (χ4v) is 3.22. The van der Waals surface area contributed by atoms with E-state index in [2.05, 4.69) is 5.32 Å². The van der Waals surface area contributed by atoms with Crippen LogP contribution < -0.4 is 11.1 Å². The van der Waals surface area contributed by atoms with Gasteiger partial charge in [-0.2, -0.15) is 0 Å². The molecule has 2 fully saturated rings. The normalized spacial score (nSPS) is 17.4. The highest BCUT2D eigenvalue weighted by Gasteiger charge is 2.42. The molecule has 0 radical (unpaired) electrons. The molecule has 0 spiro atoms. The minimum atomic E-state index is -0.685. The lowest BCUT2D eigenvalue weighted by atomic mass is 10.1. The quantitative estimate of drug-likeness (QED) is 0.641. The number of hydrogen-bond acceptors (Lipinski definition) is 5. The minimum absolute atomic E-state index is 0.147. The molecule has 24 heavy (non-hydrogen) atoms. The molecule has 8 heteroatoms. The molecular formula is C16H17N3O5. The third-order valence-electron chi connectivity index (χ3n) is 4.75. The molecule has 2 aliphatic rings. The first-order chi connectivity index (χ1) is 11.5. The van der Waals surface area contributed by atoms with E-state index in [0.717, 1.165) is 30.3 Å². The molecule has 1 amide bonds. The molecule has 0 aliphatic heterocycles. The van der Waals surface area contributed by atoms with Crippen molar-refractivity contribution < 1.29 is 14.1 Å². The van der Waals surface area contributed by atoms with Crippen molar-refractivity contribution in [3.63, 3.8) is 0 Å². The van der Waals surface area contributed by atoms with Crippen LogP contribution in [-0.4, -0.2) is 21.4 Å². The van der Waals surface area contributed by atoms with Crippen molar-refractivity contribution >= 4 is 22.7 Å². The second-order valence-electron chi connectivity index (χ2n) is 6.63. The summed E-state index contributed by atoms with van der Waals surface area (Å²) in [6.07, 6.45) is 4.56. The van der Waals surface area contributed by atoms with E-state index in [0.29, 0.717) is 11.8 Å². The highest BCUT2D eigenvalue weighted by Crippen LogP contribution is 2.44. The van der Waals surface area contributed by atoms with Crippen LogP contribution in [0.15, 0.2) is 27.4 Å². The summed E-state index contributed by atoms with van der Waals surface area (Å²) in [7, 11) is 0. The lowest BCUT2D eigenvalue weighted by Crippen LogP contribution is -2.40. The molecule has 126 valence electrons. The molecule has 0 atom stereocenters. The van der Waals surface area contributed by atoms with Crippen molar-refractivity contribution in [3.8, 4) is 0 Å². The van der Waals surface area contributed by atoms with E-state index in [4.69, 9.17) is 4.42 Å². The van der Waals surface area contributed by atoms with Crippen LogP contribution in [0.1, 0.15) is 25.7 Å². The van der Waals surface area contributed by atoms with Gasteiger partial charge in [0.25, 0.3) is 5.69 Å². The minimum Gasteiger partial charge on any atom is -0.408 e. The number of amides is 1. The molecule has 2 aromatic rings. The highest BCUT2D eigenvalue weighted by atomic mass is 16.6. The summed E-state index contributed by atoms with van der Waals surface area (Å²) < 4.78 is 6.21. The number of nitrogens with zero attached hydrogens (tertiary/aromatic N) is 2. The first kappa shape index (κ1) is 14.9. The van der Waals surface area contributed by atoms with Crippen LogP contribution in [0.2, 0.25) is 0 Å². The Hall–Kier alpha value is -2.64. The monoisotopic (exact) mass is 331 g/mol. The van der Waals surface area contributed by atoms with Gasteiger partial charge in [0.1, 0.15) is 6.54 Å². The summed E-state index contributed by atoms with van der Waals surface area (Å²) in [4.78, 5) is 34.7. The van der Waals surface area contributed by atoms with Crippen molar-refractivity contribution in [1.29, 1.82) is 0 Å². The molecule has 0 saturated heterocycles. The van der Waals surface area contributed by atoms with Crippen molar-refractivity contribution in [2.24, 2.45) is 11.8 Å². The maximum Gasteiger partial charge on any atom is 0.420 e. The van der Waals surface area contributed by atoms with Gasteiger partial charge in [-0.15, -0.1) is 0 Å². The Morgan fingerprint density at radius 2 is 2.00 bits per heavy atom. The lowest BCUT2D eigenvalue weighted by molar-refractivity contribution is -0.384. The number of hydrogen-bond donors (Lipinski definition) is 1. The molecule has 1 aromatic heterocycles. The molecule has 0 unspecified atom stereocenters. The zero-order chi connectivity index (χ0) is 16.8. The maximum atomic E-state index is 12.4. The summed E-state index contributed by atoms with van der Waals surface area (Å²) in [6, 6.07) is 4.10. The van der Waals surface area contributed by atoms with E-state index in [9.17, 15) is 19.7 Å². The number of aromatic nitrogens is 1. The predicted molar refractivity (Wildman–Crippen MR) is 84.5 cm³/mol. The average molecular weight is 331 g/mol. The van der Waals surface area contributed by atoms with Crippen LogP contribution in [0, 0.1) is 22.0 Å². The molecule has 2 saturated carbocycles. The predicted octanol–water partition coefficient (Wildman–Crippen LogP) is 1.81. The van der Waals surface area contributed by atoms with Crippen LogP contribution in [-0.2, 0) is 11.3 Å². The number of nitro benzene ring substituents is 1. The van der Waals surface area contributed by atoms with Gasteiger partial charge in [0, 0.05) is 18.2 Å². The van der Waals surface area contributed by atoms with Gasteiger partial charge in [0.05, 0.1) is 10.4 Å². The zero-order valence-corrected chi connectivity index (χ0v) is 12.9. The van der Waals surface area contributed by atoms with Gasteiger partial charge < -0.3 is 9.73 Å². The number of fused-ring (bicyclic) bond motifs is 1. The maximum absolute atomic E-state index is 12.4. The van der Waals surface area contributed by atoms with Crippen LogP contribution in [0.4, 0.5) is 5.69 Å². The van der Waals surface area contributed by atoms with Crippen LogP contribution in [0.5, 0.6) is 0 Å². The number of oxazole rings is 1. The summed E-state index contributed by atoms with van der Waals surface area (Å²) in [6.45, 7) is -0.192. The number of carbonyl (C=O) groups excluding carboxylic acids is 1. The molecule has 0 bridgehead atoms. The van der Waals surface area contributed by atoms with Gasteiger partial charge in [0.2, 0.25) is 5.91 Å². The van der Waals surface area contributed by atoms with Gasteiger partial charge in [-0.05, 0) is 43.6 Å². The Kier molecular flexibility index (Phi) is 3.40. The second-order valence-corrected chi connectivity index (χ2v) is 6.63. The van der Waals surface area contributed by atoms with Crippen LogP contribution >= 0.6 is 0 Å². The van der Waals surface area contributed by atoms with Gasteiger partial charge >= 0.3 is 5.76 Å². The number of nitrogens with one attached hydrogen (secondary N) is 1. The Morgan fingerprint density at radius 1 is 1.33 bits per heavy atom. The van der Waals surface area contributed by atoms with Crippen molar-refractivity contribution in [2.75, 3.05) is 0 Å². The summed E-state index contributed by atoms with van der Waals surface area (Å²) >= 11 is 0. The number of benzene rings is 1. The Labute approximate surface area is 136 Å². The molecular weight excluding hydrogens is 314 g/mol.